The number of nitrogens with one attached hydrogen (secondary N) is 1. The third-order valence-corrected chi connectivity index (χ3v) is 3.53. The van der Waals surface area contributed by atoms with E-state index in [2.05, 4.69) is 5.32 Å². The molecule has 1 N–H and O–H groups in total. The quantitative estimate of drug-likeness (QED) is 0.852. The molecule has 0 unspecified atom stereocenters. The van der Waals surface area contributed by atoms with Gasteiger partial charge >= 0.3 is 6.03 Å². The summed E-state index contributed by atoms with van der Waals surface area (Å²) < 4.78 is 24.8. The Kier molecular flexibility index (Phi) is 4.41. The Labute approximate surface area is 109 Å². The van der Waals surface area contributed by atoms with Gasteiger partial charge in [0.1, 0.15) is 0 Å². The Balaban J connectivity index is 2.05. The van der Waals surface area contributed by atoms with Gasteiger partial charge in [0, 0.05) is 18.0 Å². The van der Waals surface area contributed by atoms with Crippen LogP contribution in [-0.4, -0.2) is 29.8 Å². The van der Waals surface area contributed by atoms with E-state index in [0.717, 1.165) is 25.9 Å². The van der Waals surface area contributed by atoms with Crippen LogP contribution in [0.1, 0.15) is 12.8 Å². The van der Waals surface area contributed by atoms with E-state index in [4.69, 9.17) is 0 Å². The van der Waals surface area contributed by atoms with Crippen LogP contribution in [0, 0.1) is 0 Å². The third kappa shape index (κ3) is 3.35. The number of alkyl halides is 2. The predicted octanol–water partition coefficient (Wildman–Crippen LogP) is 3.63. The molecule has 1 saturated heterocycles. The molecule has 18 heavy (non-hydrogen) atoms. The summed E-state index contributed by atoms with van der Waals surface area (Å²) in [6, 6.07) is 6.40. The van der Waals surface area contributed by atoms with Crippen LogP contribution in [0.25, 0.3) is 0 Å². The van der Waals surface area contributed by atoms with Gasteiger partial charge in [-0.05, 0) is 25.0 Å². The smallest absolute Gasteiger partial charge is 0.321 e. The van der Waals surface area contributed by atoms with Gasteiger partial charge in [0.15, 0.2) is 0 Å². The average molecular weight is 272 g/mol. The maximum absolute atomic E-state index is 12.4. The van der Waals surface area contributed by atoms with Crippen molar-refractivity contribution in [1.82, 2.24) is 4.90 Å². The van der Waals surface area contributed by atoms with Gasteiger partial charge in [-0.2, -0.15) is 8.78 Å². The molecule has 0 spiro atoms. The summed E-state index contributed by atoms with van der Waals surface area (Å²) >= 11 is 0.443. The number of anilines is 1. The van der Waals surface area contributed by atoms with Crippen molar-refractivity contribution in [3.8, 4) is 0 Å². The normalized spacial score (nSPS) is 15.2. The van der Waals surface area contributed by atoms with E-state index in [1.54, 1.807) is 29.2 Å². The summed E-state index contributed by atoms with van der Waals surface area (Å²) in [6.07, 6.45) is 2.00. The summed E-state index contributed by atoms with van der Waals surface area (Å²) in [5.41, 5.74) is 0.444. The summed E-state index contributed by atoms with van der Waals surface area (Å²) in [5.74, 6) is -2.49. The highest BCUT2D eigenvalue weighted by Crippen LogP contribution is 2.31. The molecule has 1 aliphatic heterocycles. The van der Waals surface area contributed by atoms with Gasteiger partial charge in [0.25, 0.3) is 5.76 Å². The van der Waals surface area contributed by atoms with E-state index in [0.29, 0.717) is 22.3 Å². The van der Waals surface area contributed by atoms with Crippen molar-refractivity contribution in [2.75, 3.05) is 18.4 Å². The van der Waals surface area contributed by atoms with Crippen LogP contribution < -0.4 is 5.32 Å². The number of urea groups is 1. The molecule has 0 radical (unpaired) electrons. The van der Waals surface area contributed by atoms with Crippen molar-refractivity contribution >= 4 is 23.5 Å². The van der Waals surface area contributed by atoms with Crippen molar-refractivity contribution in [3.63, 3.8) is 0 Å². The molecule has 0 aliphatic carbocycles. The van der Waals surface area contributed by atoms with Gasteiger partial charge in [-0.3, -0.25) is 0 Å². The number of hydrogen-bond acceptors (Lipinski definition) is 2. The van der Waals surface area contributed by atoms with Gasteiger partial charge in [-0.1, -0.05) is 23.9 Å². The Morgan fingerprint density at radius 1 is 1.28 bits per heavy atom. The van der Waals surface area contributed by atoms with Gasteiger partial charge in [0.2, 0.25) is 0 Å². The molecule has 0 atom stereocenters. The second-order valence-electron chi connectivity index (χ2n) is 4.00. The number of para-hydroxylation sites is 1. The zero-order valence-electron chi connectivity index (χ0n) is 9.73. The highest BCUT2D eigenvalue weighted by molar-refractivity contribution is 7.99. The van der Waals surface area contributed by atoms with Crippen molar-refractivity contribution in [3.05, 3.63) is 24.3 Å². The maximum atomic E-state index is 12.4. The zero-order valence-corrected chi connectivity index (χ0v) is 10.6. The van der Waals surface area contributed by atoms with Gasteiger partial charge < -0.3 is 10.2 Å². The molecule has 1 aromatic carbocycles. The Bertz CT molecular complexity index is 422. The number of carbonyl (C=O) groups is 1. The molecule has 2 amide bonds. The van der Waals surface area contributed by atoms with Crippen LogP contribution >= 0.6 is 11.8 Å². The topological polar surface area (TPSA) is 32.3 Å². The van der Waals surface area contributed by atoms with Crippen LogP contribution in [0.15, 0.2) is 29.2 Å². The van der Waals surface area contributed by atoms with Crippen molar-refractivity contribution in [1.29, 1.82) is 0 Å². The lowest BCUT2D eigenvalue weighted by molar-refractivity contribution is 0.222. The van der Waals surface area contributed by atoms with Crippen LogP contribution in [0.5, 0.6) is 0 Å². The molecule has 0 aromatic heterocycles. The number of nitrogens with zero attached hydrogens (tertiary/aromatic N) is 1. The van der Waals surface area contributed by atoms with E-state index in [-0.39, 0.29) is 6.03 Å². The molecule has 1 aliphatic rings. The lowest BCUT2D eigenvalue weighted by Gasteiger charge is -2.17. The minimum absolute atomic E-state index is 0.213. The Hall–Kier alpha value is -1.30. The summed E-state index contributed by atoms with van der Waals surface area (Å²) in [6.45, 7) is 1.46. The summed E-state index contributed by atoms with van der Waals surface area (Å²) in [5, 5.41) is 2.69. The molecule has 6 heteroatoms. The molecule has 2 rings (SSSR count). The first kappa shape index (κ1) is 13.1. The lowest BCUT2D eigenvalue weighted by atomic mass is 10.3. The number of halogens is 2. The van der Waals surface area contributed by atoms with E-state index in [1.807, 2.05) is 0 Å². The average Bonchev–Trinajstić information content (AvgIpc) is 2.84. The van der Waals surface area contributed by atoms with Crippen molar-refractivity contribution in [2.45, 2.75) is 23.5 Å². The summed E-state index contributed by atoms with van der Waals surface area (Å²) in [4.78, 5) is 14.0. The number of benzene rings is 1. The molecule has 0 saturated carbocycles. The van der Waals surface area contributed by atoms with E-state index < -0.39 is 5.76 Å². The number of likely N-dealkylation sites (tertiary alicyclic amines) is 1. The zero-order chi connectivity index (χ0) is 13.0. The predicted molar refractivity (Wildman–Crippen MR) is 68.1 cm³/mol. The van der Waals surface area contributed by atoms with Crippen molar-refractivity contribution in [2.24, 2.45) is 0 Å². The number of carbonyl (C=O) groups excluding carboxylic acids is 1. The highest BCUT2D eigenvalue weighted by atomic mass is 32.2. The minimum atomic E-state index is -2.49. The lowest BCUT2D eigenvalue weighted by Crippen LogP contribution is -2.32. The number of thioether (sulfide) groups is 1. The fourth-order valence-corrected chi connectivity index (χ4v) is 2.48. The SMILES string of the molecule is O=C(Nc1ccccc1SC(F)F)N1CCCC1. The van der Waals surface area contributed by atoms with Crippen molar-refractivity contribution < 1.29 is 13.6 Å². The molecule has 1 heterocycles. The highest BCUT2D eigenvalue weighted by Gasteiger charge is 2.19. The largest absolute Gasteiger partial charge is 0.325 e. The van der Waals surface area contributed by atoms with E-state index in [9.17, 15) is 13.6 Å². The fraction of sp³-hybridized carbons (Fsp3) is 0.417. The first-order chi connectivity index (χ1) is 8.66. The van der Waals surface area contributed by atoms with Gasteiger partial charge in [-0.25, -0.2) is 4.79 Å². The van der Waals surface area contributed by atoms with Crippen LogP contribution in [-0.2, 0) is 0 Å². The fourth-order valence-electron chi connectivity index (χ4n) is 1.88. The van der Waals surface area contributed by atoms with E-state index >= 15 is 0 Å². The molecule has 0 bridgehead atoms. The molecular formula is C12H14F2N2OS. The first-order valence-electron chi connectivity index (χ1n) is 5.76. The molecule has 1 fully saturated rings. The molecule has 1 aromatic rings. The van der Waals surface area contributed by atoms with E-state index in [1.165, 1.54) is 0 Å². The van der Waals surface area contributed by atoms with Crippen LogP contribution in [0.2, 0.25) is 0 Å². The van der Waals surface area contributed by atoms with Gasteiger partial charge in [-0.15, -0.1) is 0 Å². The Morgan fingerprint density at radius 2 is 1.94 bits per heavy atom. The second-order valence-corrected chi connectivity index (χ2v) is 5.03. The first-order valence-corrected chi connectivity index (χ1v) is 6.64. The molecule has 98 valence electrons. The van der Waals surface area contributed by atoms with Gasteiger partial charge in [0.05, 0.1) is 5.69 Å². The number of rotatable bonds is 3. The monoisotopic (exact) mass is 272 g/mol. The maximum Gasteiger partial charge on any atom is 0.321 e. The number of hydrogen-bond donors (Lipinski definition) is 1. The summed E-state index contributed by atoms with van der Waals surface area (Å²) in [7, 11) is 0. The second kappa shape index (κ2) is 6.04. The third-order valence-electron chi connectivity index (χ3n) is 2.74. The number of amides is 2. The van der Waals surface area contributed by atoms with Crippen LogP contribution in [0.4, 0.5) is 19.3 Å². The standard InChI is InChI=1S/C12H14F2N2OS/c13-11(14)18-10-6-2-1-5-9(10)15-12(17)16-7-3-4-8-16/h1-2,5-6,11H,3-4,7-8H2,(H,15,17). The van der Waals surface area contributed by atoms with Crippen LogP contribution in [0.3, 0.4) is 0 Å². The molecular weight excluding hydrogens is 258 g/mol. The molecule has 3 nitrogen and oxygen atoms in total. The minimum Gasteiger partial charge on any atom is -0.325 e. The Morgan fingerprint density at radius 3 is 2.61 bits per heavy atom.